The molecule has 4 rings (SSSR count). The van der Waals surface area contributed by atoms with Gasteiger partial charge in [0.05, 0.1) is 0 Å². The summed E-state index contributed by atoms with van der Waals surface area (Å²) >= 11 is 9.41. The van der Waals surface area contributed by atoms with Gasteiger partial charge < -0.3 is 20.3 Å². The summed E-state index contributed by atoms with van der Waals surface area (Å²) in [5.74, 6) is -0.0471. The van der Waals surface area contributed by atoms with Crippen LogP contribution in [0, 0.1) is 0 Å². The minimum absolute atomic E-state index is 0.0471. The molecular weight excluding hydrogens is 482 g/mol. The average molecular weight is 503 g/mol. The molecule has 0 bridgehead atoms. The molecule has 3 N–H and O–H groups in total. The molecule has 3 aromatic rings. The van der Waals surface area contributed by atoms with Crippen molar-refractivity contribution in [1.82, 2.24) is 5.32 Å². The highest BCUT2D eigenvalue weighted by molar-refractivity contribution is 9.10. The highest BCUT2D eigenvalue weighted by atomic mass is 79.9. The molecule has 0 heterocycles. The zero-order chi connectivity index (χ0) is 22.0. The third-order valence-corrected chi connectivity index (χ3v) is 6.28. The number of carbonyl (C=O) groups is 1. The fourth-order valence-electron chi connectivity index (χ4n) is 3.90. The molecule has 2 atom stereocenters. The largest absolute Gasteiger partial charge is 0.449 e. The summed E-state index contributed by atoms with van der Waals surface area (Å²) in [4.78, 5) is 12.2. The van der Waals surface area contributed by atoms with Gasteiger partial charge in [-0.3, -0.25) is 0 Å². The van der Waals surface area contributed by atoms with E-state index < -0.39 is 18.3 Å². The minimum atomic E-state index is -1.25. The van der Waals surface area contributed by atoms with Crippen LogP contribution < -0.4 is 5.32 Å². The molecule has 7 heteroatoms. The van der Waals surface area contributed by atoms with E-state index in [2.05, 4.69) is 33.4 Å². The van der Waals surface area contributed by atoms with Crippen molar-refractivity contribution in [2.45, 2.75) is 18.1 Å². The first-order chi connectivity index (χ1) is 15.0. The van der Waals surface area contributed by atoms with Gasteiger partial charge in [0.1, 0.15) is 18.8 Å². The Balaban J connectivity index is 1.35. The van der Waals surface area contributed by atoms with Crippen LogP contribution >= 0.6 is 27.5 Å². The fourth-order valence-corrected chi connectivity index (χ4v) is 4.51. The van der Waals surface area contributed by atoms with Crippen LogP contribution in [0.25, 0.3) is 11.1 Å². The summed E-state index contributed by atoms with van der Waals surface area (Å²) in [6.45, 7) is -0.00332. The molecule has 1 amide bonds. The second-order valence-corrected chi connectivity index (χ2v) is 8.71. The maximum Gasteiger partial charge on any atom is 0.407 e. The molecule has 3 aromatic carbocycles. The van der Waals surface area contributed by atoms with Crippen LogP contribution in [0.1, 0.15) is 28.7 Å². The molecule has 31 heavy (non-hydrogen) atoms. The zero-order valence-electron chi connectivity index (χ0n) is 16.5. The van der Waals surface area contributed by atoms with Crippen molar-refractivity contribution in [3.8, 4) is 11.1 Å². The number of alkyl carbamates (subject to hydrolysis) is 1. The van der Waals surface area contributed by atoms with E-state index in [1.165, 1.54) is 0 Å². The summed E-state index contributed by atoms with van der Waals surface area (Å²) in [5.41, 5.74) is 4.92. The number of ether oxygens (including phenoxy) is 1. The lowest BCUT2D eigenvalue weighted by Gasteiger charge is -2.20. The number of carbonyl (C=O) groups excluding carboxylic acids is 1. The Labute approximate surface area is 193 Å². The highest BCUT2D eigenvalue weighted by Gasteiger charge is 2.29. The third kappa shape index (κ3) is 4.62. The quantitative estimate of drug-likeness (QED) is 0.441. The Morgan fingerprint density at radius 3 is 2.29 bits per heavy atom. The summed E-state index contributed by atoms with van der Waals surface area (Å²) in [5, 5.41) is 23.5. The van der Waals surface area contributed by atoms with Crippen LogP contribution in [0.5, 0.6) is 0 Å². The predicted molar refractivity (Wildman–Crippen MR) is 123 cm³/mol. The van der Waals surface area contributed by atoms with E-state index in [1.54, 1.807) is 18.2 Å². The number of halogens is 2. The third-order valence-electron chi connectivity index (χ3n) is 5.44. The molecule has 0 aliphatic heterocycles. The van der Waals surface area contributed by atoms with Crippen LogP contribution in [0.15, 0.2) is 71.2 Å². The maximum atomic E-state index is 12.2. The molecule has 5 nitrogen and oxygen atoms in total. The maximum absolute atomic E-state index is 12.2. The molecule has 0 saturated carbocycles. The lowest BCUT2D eigenvalue weighted by Crippen LogP contribution is -2.36. The van der Waals surface area contributed by atoms with E-state index in [0.717, 1.165) is 26.7 Å². The fraction of sp³-hybridized carbons (Fsp3) is 0.208. The highest BCUT2D eigenvalue weighted by Crippen LogP contribution is 2.44. The zero-order valence-corrected chi connectivity index (χ0v) is 18.8. The van der Waals surface area contributed by atoms with E-state index in [-0.39, 0.29) is 19.1 Å². The molecular formula is C24H21BrClNO4. The Hall–Kier alpha value is -2.38. The van der Waals surface area contributed by atoms with E-state index in [9.17, 15) is 15.0 Å². The van der Waals surface area contributed by atoms with Crippen molar-refractivity contribution in [1.29, 1.82) is 0 Å². The van der Waals surface area contributed by atoms with Crippen LogP contribution in [0.2, 0.25) is 5.02 Å². The number of amides is 1. The number of hydrogen-bond acceptors (Lipinski definition) is 4. The molecule has 1 aliphatic rings. The predicted octanol–water partition coefficient (Wildman–Crippen LogP) is 5.04. The second kappa shape index (κ2) is 9.40. The van der Waals surface area contributed by atoms with Gasteiger partial charge in [0.15, 0.2) is 0 Å². The topological polar surface area (TPSA) is 78.8 Å². The normalized spacial score (nSPS) is 14.5. The summed E-state index contributed by atoms with van der Waals surface area (Å²) in [6.07, 6.45) is -3.15. The van der Waals surface area contributed by atoms with E-state index in [4.69, 9.17) is 16.3 Å². The molecule has 0 aromatic heterocycles. The van der Waals surface area contributed by atoms with Crippen molar-refractivity contribution in [3.63, 3.8) is 0 Å². The van der Waals surface area contributed by atoms with Gasteiger partial charge in [0.25, 0.3) is 0 Å². The van der Waals surface area contributed by atoms with Gasteiger partial charge in [-0.05, 0) is 40.5 Å². The summed E-state index contributed by atoms with van der Waals surface area (Å²) in [7, 11) is 0. The van der Waals surface area contributed by atoms with E-state index in [0.29, 0.717) is 10.6 Å². The lowest BCUT2D eigenvalue weighted by atomic mass is 9.98. The van der Waals surface area contributed by atoms with Crippen LogP contribution in [-0.2, 0) is 4.74 Å². The van der Waals surface area contributed by atoms with Gasteiger partial charge in [0.2, 0.25) is 0 Å². The van der Waals surface area contributed by atoms with Crippen LogP contribution in [-0.4, -0.2) is 35.6 Å². The number of aliphatic hydroxyl groups is 2. The molecule has 160 valence electrons. The first-order valence-electron chi connectivity index (χ1n) is 9.85. The van der Waals surface area contributed by atoms with Gasteiger partial charge in [0, 0.05) is 27.5 Å². The van der Waals surface area contributed by atoms with Crippen LogP contribution in [0.3, 0.4) is 0 Å². The number of benzene rings is 3. The van der Waals surface area contributed by atoms with Gasteiger partial charge in [-0.15, -0.1) is 0 Å². The van der Waals surface area contributed by atoms with Gasteiger partial charge >= 0.3 is 6.09 Å². The Bertz CT molecular complexity index is 1060. The van der Waals surface area contributed by atoms with Crippen LogP contribution in [0.4, 0.5) is 4.79 Å². The summed E-state index contributed by atoms with van der Waals surface area (Å²) in [6, 6.07) is 21.2. The number of aliphatic hydroxyl groups excluding tert-OH is 2. The van der Waals surface area contributed by atoms with Crippen molar-refractivity contribution in [2.24, 2.45) is 0 Å². The average Bonchev–Trinajstić information content (AvgIpc) is 3.11. The molecule has 2 unspecified atom stereocenters. The number of hydrogen-bond donors (Lipinski definition) is 3. The monoisotopic (exact) mass is 501 g/mol. The van der Waals surface area contributed by atoms with E-state index in [1.807, 2.05) is 36.4 Å². The number of rotatable bonds is 6. The molecule has 0 saturated heterocycles. The Morgan fingerprint density at radius 1 is 1.03 bits per heavy atom. The smallest absolute Gasteiger partial charge is 0.407 e. The molecule has 0 fully saturated rings. The standard InChI is InChI=1S/C24H21BrClNO4/c25-14-9-10-21(26)19(11-14)23(29)22(28)12-27-24(30)31-13-20-17-7-3-1-5-15(17)16-6-2-4-8-18(16)20/h1-11,20,22-23,28-29H,12-13H2,(H,27,30). The van der Waals surface area contributed by atoms with Crippen molar-refractivity contribution in [3.05, 3.63) is 92.9 Å². The minimum Gasteiger partial charge on any atom is -0.449 e. The van der Waals surface area contributed by atoms with Crippen molar-refractivity contribution < 1.29 is 19.7 Å². The first kappa shape index (κ1) is 21.8. The first-order valence-corrected chi connectivity index (χ1v) is 11.0. The summed E-state index contributed by atoms with van der Waals surface area (Å²) < 4.78 is 6.17. The number of nitrogens with one attached hydrogen (secondary N) is 1. The van der Waals surface area contributed by atoms with E-state index >= 15 is 0 Å². The lowest BCUT2D eigenvalue weighted by molar-refractivity contribution is 0.0186. The molecule has 0 radical (unpaired) electrons. The van der Waals surface area contributed by atoms with Gasteiger partial charge in [-0.25, -0.2) is 4.79 Å². The SMILES string of the molecule is O=C(NCC(O)C(O)c1cc(Br)ccc1Cl)OCC1c2ccccc2-c2ccccc21. The number of fused-ring (bicyclic) bond motifs is 3. The molecule has 1 aliphatic carbocycles. The van der Waals surface area contributed by atoms with Crippen molar-refractivity contribution in [2.75, 3.05) is 13.2 Å². The second-order valence-electron chi connectivity index (χ2n) is 7.38. The Morgan fingerprint density at radius 2 is 1.65 bits per heavy atom. The Kier molecular flexibility index (Phi) is 6.62. The van der Waals surface area contributed by atoms with Gasteiger partial charge in [-0.2, -0.15) is 0 Å². The van der Waals surface area contributed by atoms with Crippen molar-refractivity contribution >= 4 is 33.6 Å². The molecule has 0 spiro atoms. The van der Waals surface area contributed by atoms with Gasteiger partial charge in [-0.1, -0.05) is 76.1 Å².